The molecule has 178 valence electrons. The topological polar surface area (TPSA) is 66.5 Å². The Bertz CT molecular complexity index is 1150. The molecule has 1 unspecified atom stereocenters. The summed E-state index contributed by atoms with van der Waals surface area (Å²) < 4.78 is 30.5. The summed E-state index contributed by atoms with van der Waals surface area (Å²) in [6.07, 6.45) is 2.17. The Hall–Kier alpha value is -2.48. The van der Waals surface area contributed by atoms with E-state index >= 15 is 0 Å². The van der Waals surface area contributed by atoms with Crippen LogP contribution in [-0.2, 0) is 21.4 Å². The van der Waals surface area contributed by atoms with E-state index in [0.717, 1.165) is 34.0 Å². The van der Waals surface area contributed by atoms with Crippen LogP contribution in [0.5, 0.6) is 0 Å². The zero-order valence-corrected chi connectivity index (χ0v) is 21.3. The van der Waals surface area contributed by atoms with Gasteiger partial charge in [-0.1, -0.05) is 88.7 Å². The van der Waals surface area contributed by atoms with Crippen LogP contribution in [0.4, 0.5) is 0 Å². The van der Waals surface area contributed by atoms with Crippen LogP contribution in [0.25, 0.3) is 0 Å². The van der Waals surface area contributed by atoms with Crippen LogP contribution in [0.15, 0.2) is 89.4 Å². The molecule has 0 aromatic heterocycles. The third-order valence-corrected chi connectivity index (χ3v) is 8.63. The van der Waals surface area contributed by atoms with E-state index in [-0.39, 0.29) is 24.1 Å². The number of carbonyl (C=O) groups is 1. The minimum absolute atomic E-state index is 0.110. The number of hydrogen-bond acceptors (Lipinski definition) is 3. The van der Waals surface area contributed by atoms with E-state index in [2.05, 4.69) is 21.2 Å². The first-order chi connectivity index (χ1) is 16.4. The Labute approximate surface area is 210 Å². The number of carbonyl (C=O) groups excluding carboxylic acids is 1. The third kappa shape index (κ3) is 6.14. The number of halogens is 1. The van der Waals surface area contributed by atoms with Crippen molar-refractivity contribution in [3.05, 3.63) is 106 Å². The first kappa shape index (κ1) is 24.6. The third-order valence-electron chi connectivity index (χ3n) is 6.24. The van der Waals surface area contributed by atoms with E-state index < -0.39 is 16.1 Å². The minimum Gasteiger partial charge on any atom is -0.355 e. The molecule has 5 nitrogen and oxygen atoms in total. The molecule has 0 radical (unpaired) electrons. The van der Waals surface area contributed by atoms with Gasteiger partial charge in [-0.2, -0.15) is 4.31 Å². The number of nitrogens with zero attached hydrogens (tertiary/aromatic N) is 1. The first-order valence-electron chi connectivity index (χ1n) is 11.6. The van der Waals surface area contributed by atoms with E-state index in [4.69, 9.17) is 0 Å². The van der Waals surface area contributed by atoms with Gasteiger partial charge in [0.05, 0.1) is 5.75 Å². The predicted molar refractivity (Wildman–Crippen MR) is 139 cm³/mol. The first-order valence-corrected chi connectivity index (χ1v) is 14.0. The second kappa shape index (κ2) is 11.3. The standard InChI is InChI=1S/C27H29BrN2O3S/c28-24-16-14-21(15-17-24)19-30(26-13-7-8-18-29-27(26)31)34(32,33)20-25(22-9-3-1-4-10-22)23-11-5-2-6-12-23/h1-6,9-12,14-17,25-26H,7-8,13,18-20H2,(H,29,31). The van der Waals surface area contributed by atoms with Crippen molar-refractivity contribution < 1.29 is 13.2 Å². The lowest BCUT2D eigenvalue weighted by Gasteiger charge is -2.31. The second-order valence-corrected chi connectivity index (χ2v) is 11.5. The lowest BCUT2D eigenvalue weighted by molar-refractivity contribution is -0.124. The Kier molecular flexibility index (Phi) is 8.19. The summed E-state index contributed by atoms with van der Waals surface area (Å²) in [6.45, 7) is 0.738. The van der Waals surface area contributed by atoms with Gasteiger partial charge in [0.15, 0.2) is 0 Å². The molecule has 1 saturated heterocycles. The SMILES string of the molecule is O=C1NCCCCC1N(Cc1ccc(Br)cc1)S(=O)(=O)CC(c1ccccc1)c1ccccc1. The van der Waals surface area contributed by atoms with Crippen LogP contribution >= 0.6 is 15.9 Å². The van der Waals surface area contributed by atoms with Crippen LogP contribution in [0.1, 0.15) is 41.9 Å². The zero-order chi connectivity index (χ0) is 24.0. The zero-order valence-electron chi connectivity index (χ0n) is 18.9. The summed E-state index contributed by atoms with van der Waals surface area (Å²) in [5.74, 6) is -0.663. The van der Waals surface area contributed by atoms with Crippen molar-refractivity contribution in [3.63, 3.8) is 0 Å². The lowest BCUT2D eigenvalue weighted by atomic mass is 9.93. The smallest absolute Gasteiger partial charge is 0.238 e. The number of benzene rings is 3. The Morgan fingerprint density at radius 1 is 0.882 bits per heavy atom. The minimum atomic E-state index is -3.81. The molecule has 1 atom stereocenters. The van der Waals surface area contributed by atoms with Gasteiger partial charge in [-0.15, -0.1) is 0 Å². The molecule has 1 amide bonds. The van der Waals surface area contributed by atoms with Crippen molar-refractivity contribution >= 4 is 31.9 Å². The van der Waals surface area contributed by atoms with E-state index in [0.29, 0.717) is 13.0 Å². The van der Waals surface area contributed by atoms with Crippen molar-refractivity contribution in [2.45, 2.75) is 37.8 Å². The summed E-state index contributed by atoms with van der Waals surface area (Å²) in [5.41, 5.74) is 2.72. The second-order valence-electron chi connectivity index (χ2n) is 8.63. The summed E-state index contributed by atoms with van der Waals surface area (Å²) in [6, 6.07) is 26.3. The molecule has 3 aromatic rings. The Morgan fingerprint density at radius 2 is 1.47 bits per heavy atom. The molecule has 1 aliphatic rings. The molecule has 3 aromatic carbocycles. The van der Waals surface area contributed by atoms with Crippen LogP contribution in [0.2, 0.25) is 0 Å². The van der Waals surface area contributed by atoms with Gasteiger partial charge >= 0.3 is 0 Å². The maximum Gasteiger partial charge on any atom is 0.238 e. The van der Waals surface area contributed by atoms with Crippen LogP contribution in [-0.4, -0.2) is 37.0 Å². The van der Waals surface area contributed by atoms with Gasteiger partial charge in [0.1, 0.15) is 6.04 Å². The van der Waals surface area contributed by atoms with E-state index in [1.807, 2.05) is 84.9 Å². The molecule has 0 aliphatic carbocycles. The van der Waals surface area contributed by atoms with Gasteiger partial charge < -0.3 is 5.32 Å². The fourth-order valence-corrected chi connectivity index (χ4v) is 6.63. The highest BCUT2D eigenvalue weighted by molar-refractivity contribution is 9.10. The summed E-state index contributed by atoms with van der Waals surface area (Å²) in [7, 11) is -3.81. The number of amides is 1. The van der Waals surface area contributed by atoms with E-state index in [1.165, 1.54) is 4.31 Å². The number of hydrogen-bond donors (Lipinski definition) is 1. The molecule has 1 heterocycles. The van der Waals surface area contributed by atoms with Gasteiger partial charge in [0, 0.05) is 23.5 Å². The van der Waals surface area contributed by atoms with Crippen LogP contribution in [0.3, 0.4) is 0 Å². The molecule has 4 rings (SSSR count). The molecule has 0 spiro atoms. The quantitative estimate of drug-likeness (QED) is 0.433. The Morgan fingerprint density at radius 3 is 2.06 bits per heavy atom. The Balaban J connectivity index is 1.72. The predicted octanol–water partition coefficient (Wildman–Crippen LogP) is 5.08. The molecule has 1 fully saturated rings. The van der Waals surface area contributed by atoms with Gasteiger partial charge in [-0.3, -0.25) is 4.79 Å². The highest BCUT2D eigenvalue weighted by Crippen LogP contribution is 2.30. The van der Waals surface area contributed by atoms with Gasteiger partial charge in [-0.25, -0.2) is 8.42 Å². The lowest BCUT2D eigenvalue weighted by Crippen LogP contribution is -2.49. The fraction of sp³-hybridized carbons (Fsp3) is 0.296. The van der Waals surface area contributed by atoms with Crippen molar-refractivity contribution in [1.29, 1.82) is 0 Å². The van der Waals surface area contributed by atoms with Crippen molar-refractivity contribution in [3.8, 4) is 0 Å². The highest BCUT2D eigenvalue weighted by atomic mass is 79.9. The van der Waals surface area contributed by atoms with Crippen molar-refractivity contribution in [2.75, 3.05) is 12.3 Å². The molecular weight excluding hydrogens is 512 g/mol. The average molecular weight is 542 g/mol. The maximum absolute atomic E-state index is 14.1. The number of nitrogens with one attached hydrogen (secondary N) is 1. The van der Waals surface area contributed by atoms with Crippen molar-refractivity contribution in [2.24, 2.45) is 0 Å². The van der Waals surface area contributed by atoms with E-state index in [1.54, 1.807) is 0 Å². The molecule has 0 saturated carbocycles. The molecule has 34 heavy (non-hydrogen) atoms. The monoisotopic (exact) mass is 540 g/mol. The molecular formula is C27H29BrN2O3S. The number of sulfonamides is 1. The van der Waals surface area contributed by atoms with Gasteiger partial charge in [0.25, 0.3) is 0 Å². The van der Waals surface area contributed by atoms with Gasteiger partial charge in [-0.05, 0) is 48.1 Å². The fourth-order valence-electron chi connectivity index (χ4n) is 4.43. The largest absolute Gasteiger partial charge is 0.355 e. The highest BCUT2D eigenvalue weighted by Gasteiger charge is 2.37. The summed E-state index contributed by atoms with van der Waals surface area (Å²) in [5, 5.41) is 2.91. The number of rotatable bonds is 8. The summed E-state index contributed by atoms with van der Waals surface area (Å²) >= 11 is 3.44. The summed E-state index contributed by atoms with van der Waals surface area (Å²) in [4.78, 5) is 12.9. The molecule has 7 heteroatoms. The van der Waals surface area contributed by atoms with Crippen molar-refractivity contribution in [1.82, 2.24) is 9.62 Å². The maximum atomic E-state index is 14.1. The van der Waals surface area contributed by atoms with E-state index in [9.17, 15) is 13.2 Å². The molecule has 0 bridgehead atoms. The average Bonchev–Trinajstić information content (AvgIpc) is 3.07. The molecule has 1 aliphatic heterocycles. The normalized spacial score (nSPS) is 16.9. The molecule has 1 N–H and O–H groups in total. The van der Waals surface area contributed by atoms with Crippen LogP contribution < -0.4 is 5.32 Å². The van der Waals surface area contributed by atoms with Gasteiger partial charge in [0.2, 0.25) is 15.9 Å². The van der Waals surface area contributed by atoms with Crippen LogP contribution in [0, 0.1) is 0 Å².